The summed E-state index contributed by atoms with van der Waals surface area (Å²) >= 11 is 0. The summed E-state index contributed by atoms with van der Waals surface area (Å²) in [5.74, 6) is 1.69. The van der Waals surface area contributed by atoms with Gasteiger partial charge in [-0.15, -0.1) is 0 Å². The van der Waals surface area contributed by atoms with Crippen LogP contribution in [0.25, 0.3) is 11.0 Å². The number of nitrogens with zero attached hydrogens (tertiary/aromatic N) is 2. The number of aromatic nitrogens is 2. The fourth-order valence-electron chi connectivity index (χ4n) is 3.63. The Bertz CT molecular complexity index is 1170. The molecular weight excluding hydrogens is 458 g/mol. The molecule has 0 atom stereocenters. The molecule has 0 fully saturated rings. The Morgan fingerprint density at radius 1 is 1.06 bits per heavy atom. The number of anilines is 1. The molecule has 9 nitrogen and oxygen atoms in total. The van der Waals surface area contributed by atoms with E-state index in [-0.39, 0.29) is 15.5 Å². The van der Waals surface area contributed by atoms with Gasteiger partial charge in [-0.1, -0.05) is 44.2 Å². The minimum atomic E-state index is -0.427. The average molecular weight is 502 g/mol. The molecule has 0 spiro atoms. The number of unbranched alkanes of at least 4 members (excludes halogenated alkanes) is 1. The number of ether oxygens (including phenoxy) is 3. The standard InChI is InChI=1S/C25H33N5O4.C2H6.2H2/c1-17(2)30-20-15-22(33-4)21(32-3)14-19(20)29-24(23(30)26)27-12-8-9-13-28-25(31)34-16-18-10-6-5-7-11-18;1-2;;/h5-7,10-11,14-15,17,26H,8-9,12-13,16H2,1-4H3,(H,27,29)(H,28,31);1-2H3;2*1H. The molecular formula is C27H43N5O4. The second kappa shape index (κ2) is 14.6. The predicted molar refractivity (Wildman–Crippen MR) is 147 cm³/mol. The van der Waals surface area contributed by atoms with Gasteiger partial charge in [0.05, 0.1) is 25.3 Å². The summed E-state index contributed by atoms with van der Waals surface area (Å²) in [5.41, 5.74) is 2.78. The van der Waals surface area contributed by atoms with Crippen LogP contribution >= 0.6 is 0 Å². The fraction of sp³-hybridized carbons (Fsp3) is 0.444. The number of hydrogen-bond acceptors (Lipinski definition) is 7. The van der Waals surface area contributed by atoms with Crippen molar-refractivity contribution in [2.45, 2.75) is 53.2 Å². The van der Waals surface area contributed by atoms with Crippen molar-refractivity contribution >= 4 is 22.9 Å². The van der Waals surface area contributed by atoms with E-state index in [1.807, 2.05) is 74.7 Å². The van der Waals surface area contributed by atoms with E-state index in [0.29, 0.717) is 41.4 Å². The van der Waals surface area contributed by atoms with Crippen LogP contribution in [0.3, 0.4) is 0 Å². The number of hydrogen-bond donors (Lipinski definition) is 3. The quantitative estimate of drug-likeness (QED) is 0.289. The monoisotopic (exact) mass is 501 g/mol. The van der Waals surface area contributed by atoms with Crippen LogP contribution in [0.2, 0.25) is 0 Å². The molecule has 1 heterocycles. The highest BCUT2D eigenvalue weighted by Crippen LogP contribution is 2.32. The first-order chi connectivity index (χ1) is 17.4. The first kappa shape index (κ1) is 28.5. The normalized spacial score (nSPS) is 10.4. The zero-order chi connectivity index (χ0) is 26.5. The molecule has 0 saturated heterocycles. The fourth-order valence-corrected chi connectivity index (χ4v) is 3.63. The Balaban J connectivity index is 0.00000334. The van der Waals surface area contributed by atoms with Crippen molar-refractivity contribution in [2.75, 3.05) is 32.6 Å². The van der Waals surface area contributed by atoms with E-state index in [0.717, 1.165) is 23.9 Å². The van der Waals surface area contributed by atoms with Crippen LogP contribution in [0.5, 0.6) is 11.5 Å². The number of amides is 1. The lowest BCUT2D eigenvalue weighted by atomic mass is 10.2. The highest BCUT2D eigenvalue weighted by atomic mass is 16.5. The molecule has 3 aromatic rings. The maximum Gasteiger partial charge on any atom is 0.407 e. The Morgan fingerprint density at radius 3 is 2.33 bits per heavy atom. The number of nitrogens with one attached hydrogen (secondary N) is 3. The van der Waals surface area contributed by atoms with Crippen molar-refractivity contribution in [3.05, 3.63) is 53.5 Å². The van der Waals surface area contributed by atoms with E-state index in [2.05, 4.69) is 15.6 Å². The van der Waals surface area contributed by atoms with E-state index in [1.165, 1.54) is 0 Å². The smallest absolute Gasteiger partial charge is 0.407 e. The number of benzene rings is 2. The molecule has 0 aliphatic carbocycles. The number of carbonyl (C=O) groups excluding carboxylic acids is 1. The highest BCUT2D eigenvalue weighted by Gasteiger charge is 2.15. The van der Waals surface area contributed by atoms with E-state index < -0.39 is 6.09 Å². The third kappa shape index (κ3) is 7.63. The van der Waals surface area contributed by atoms with Crippen molar-refractivity contribution < 1.29 is 21.9 Å². The molecule has 2 aromatic carbocycles. The molecule has 3 N–H and O–H groups in total. The molecule has 0 saturated carbocycles. The minimum Gasteiger partial charge on any atom is -0.493 e. The van der Waals surface area contributed by atoms with Gasteiger partial charge >= 0.3 is 6.09 Å². The van der Waals surface area contributed by atoms with Gasteiger partial charge in [-0.05, 0) is 32.3 Å². The van der Waals surface area contributed by atoms with Gasteiger partial charge in [-0.3, -0.25) is 5.41 Å². The molecule has 200 valence electrons. The summed E-state index contributed by atoms with van der Waals surface area (Å²) in [4.78, 5) is 16.5. The summed E-state index contributed by atoms with van der Waals surface area (Å²) in [7, 11) is 3.18. The van der Waals surface area contributed by atoms with Gasteiger partial charge in [0.15, 0.2) is 22.8 Å². The number of fused-ring (bicyclic) bond motifs is 1. The Labute approximate surface area is 216 Å². The summed E-state index contributed by atoms with van der Waals surface area (Å²) < 4.78 is 18.0. The number of methoxy groups -OCH3 is 2. The third-order valence-electron chi connectivity index (χ3n) is 5.33. The lowest BCUT2D eigenvalue weighted by molar-refractivity contribution is 0.139. The van der Waals surface area contributed by atoms with Crippen molar-refractivity contribution in [3.63, 3.8) is 0 Å². The van der Waals surface area contributed by atoms with Crippen molar-refractivity contribution in [2.24, 2.45) is 0 Å². The maximum absolute atomic E-state index is 11.8. The molecule has 9 heteroatoms. The highest BCUT2D eigenvalue weighted by molar-refractivity contribution is 5.81. The van der Waals surface area contributed by atoms with Crippen LogP contribution < -0.4 is 25.6 Å². The molecule has 1 aromatic heterocycles. The minimum absolute atomic E-state index is 0. The largest absolute Gasteiger partial charge is 0.493 e. The lowest BCUT2D eigenvalue weighted by Crippen LogP contribution is -2.28. The zero-order valence-corrected chi connectivity index (χ0v) is 22.2. The number of rotatable bonds is 11. The Hall–Kier alpha value is -3.75. The number of alkyl carbamates (subject to hydrolysis) is 1. The molecule has 0 aliphatic rings. The first-order valence-electron chi connectivity index (χ1n) is 12.4. The van der Waals surface area contributed by atoms with E-state index in [4.69, 9.17) is 19.6 Å². The van der Waals surface area contributed by atoms with Crippen molar-refractivity contribution in [1.29, 1.82) is 5.41 Å². The Morgan fingerprint density at radius 2 is 1.69 bits per heavy atom. The SMILES string of the molecule is CC.COc1cc2nc(NCCCCNC(=O)OCc3ccccc3)c(=N)n(C(C)C)c2cc1OC.[HH].[HH]. The van der Waals surface area contributed by atoms with Crippen LogP contribution in [0.4, 0.5) is 10.6 Å². The van der Waals surface area contributed by atoms with Gasteiger partial charge in [0.2, 0.25) is 0 Å². The molecule has 3 rings (SSSR count). The molecule has 0 unspecified atom stereocenters. The lowest BCUT2D eigenvalue weighted by Gasteiger charge is -2.19. The molecule has 1 amide bonds. The predicted octanol–water partition coefficient (Wildman–Crippen LogP) is 5.75. The van der Waals surface area contributed by atoms with Crippen molar-refractivity contribution in [1.82, 2.24) is 14.9 Å². The average Bonchev–Trinajstić information content (AvgIpc) is 2.90. The molecule has 0 radical (unpaired) electrons. The summed E-state index contributed by atoms with van der Waals surface area (Å²) in [6, 6.07) is 13.3. The second-order valence-corrected chi connectivity index (χ2v) is 8.09. The van der Waals surface area contributed by atoms with Crippen LogP contribution in [-0.4, -0.2) is 43.0 Å². The zero-order valence-electron chi connectivity index (χ0n) is 22.2. The van der Waals surface area contributed by atoms with E-state index in [1.54, 1.807) is 14.2 Å². The van der Waals surface area contributed by atoms with Gasteiger partial charge in [0.1, 0.15) is 6.61 Å². The third-order valence-corrected chi connectivity index (χ3v) is 5.33. The van der Waals surface area contributed by atoms with Crippen LogP contribution in [0.15, 0.2) is 42.5 Å². The Kier molecular flexibility index (Phi) is 11.6. The van der Waals surface area contributed by atoms with Crippen LogP contribution in [-0.2, 0) is 11.3 Å². The van der Waals surface area contributed by atoms with E-state index in [9.17, 15) is 4.79 Å². The molecule has 0 bridgehead atoms. The van der Waals surface area contributed by atoms with Crippen molar-refractivity contribution in [3.8, 4) is 11.5 Å². The van der Waals surface area contributed by atoms with Gasteiger partial charge < -0.3 is 29.4 Å². The molecule has 36 heavy (non-hydrogen) atoms. The first-order valence-corrected chi connectivity index (χ1v) is 12.4. The van der Waals surface area contributed by atoms with Gasteiger partial charge in [0, 0.05) is 34.1 Å². The summed E-state index contributed by atoms with van der Waals surface area (Å²) in [5, 5.41) is 14.7. The summed E-state index contributed by atoms with van der Waals surface area (Å²) in [6.07, 6.45) is 1.14. The van der Waals surface area contributed by atoms with Crippen LogP contribution in [0.1, 0.15) is 55.0 Å². The number of carbonyl (C=O) groups is 1. The molecule has 0 aliphatic heterocycles. The van der Waals surface area contributed by atoms with E-state index >= 15 is 0 Å². The van der Waals surface area contributed by atoms with Gasteiger partial charge in [-0.25, -0.2) is 9.78 Å². The van der Waals surface area contributed by atoms with Gasteiger partial charge in [-0.2, -0.15) is 0 Å². The maximum atomic E-state index is 11.8. The van der Waals surface area contributed by atoms with Crippen LogP contribution in [0, 0.1) is 5.41 Å². The van der Waals surface area contributed by atoms with Gasteiger partial charge in [0.25, 0.3) is 0 Å². The topological polar surface area (TPSA) is 110 Å². The second-order valence-electron chi connectivity index (χ2n) is 8.09. The summed E-state index contributed by atoms with van der Waals surface area (Å²) in [6.45, 7) is 9.44.